The Balaban J connectivity index is 1.96. The van der Waals surface area contributed by atoms with Crippen molar-refractivity contribution in [1.82, 2.24) is 20.2 Å². The Bertz CT molecular complexity index is 1290. The fourth-order valence-electron chi connectivity index (χ4n) is 3.53. The molecule has 4 rings (SSSR count). The second kappa shape index (κ2) is 9.08. The van der Waals surface area contributed by atoms with Crippen molar-refractivity contribution in [2.24, 2.45) is 0 Å². The number of allylic oxidation sites excluding steroid dienone is 1. The molecule has 0 saturated heterocycles. The van der Waals surface area contributed by atoms with Crippen LogP contribution in [0, 0.1) is 0 Å². The van der Waals surface area contributed by atoms with Crippen molar-refractivity contribution in [3.8, 4) is 11.5 Å². The number of hydrogen-bond acceptors (Lipinski definition) is 9. The van der Waals surface area contributed by atoms with Crippen molar-refractivity contribution in [2.75, 3.05) is 26.6 Å². The van der Waals surface area contributed by atoms with Gasteiger partial charge in [0.25, 0.3) is 0 Å². The second-order valence-electron chi connectivity index (χ2n) is 6.82. The van der Waals surface area contributed by atoms with E-state index in [1.165, 1.54) is 38.1 Å². The van der Waals surface area contributed by atoms with Crippen molar-refractivity contribution in [3.63, 3.8) is 0 Å². The molecule has 1 aliphatic heterocycles. The topological polar surface area (TPSA) is 117 Å². The average molecular weight is 490 g/mol. The van der Waals surface area contributed by atoms with E-state index in [4.69, 9.17) is 37.4 Å². The van der Waals surface area contributed by atoms with Crippen LogP contribution in [0.5, 0.6) is 11.5 Å². The van der Waals surface area contributed by atoms with E-state index in [2.05, 4.69) is 20.8 Å². The summed E-state index contributed by atoms with van der Waals surface area (Å²) in [6, 6.07) is 8.50. The fourth-order valence-corrected chi connectivity index (χ4v) is 4.04. The van der Waals surface area contributed by atoms with Gasteiger partial charge in [0, 0.05) is 21.2 Å². The van der Waals surface area contributed by atoms with Gasteiger partial charge in [0.1, 0.15) is 11.7 Å². The van der Waals surface area contributed by atoms with E-state index in [0.717, 1.165) is 0 Å². The molecule has 0 spiro atoms. The van der Waals surface area contributed by atoms with E-state index in [1.807, 2.05) is 0 Å². The van der Waals surface area contributed by atoms with Gasteiger partial charge in [-0.05, 0) is 40.8 Å². The molecule has 12 heteroatoms. The van der Waals surface area contributed by atoms with Gasteiger partial charge in [-0.25, -0.2) is 4.79 Å². The van der Waals surface area contributed by atoms with Crippen molar-refractivity contribution in [3.05, 3.63) is 68.8 Å². The Morgan fingerprint density at radius 2 is 1.79 bits per heavy atom. The highest BCUT2D eigenvalue weighted by Gasteiger charge is 2.39. The standard InChI is InChI=1S/C21H17Cl2N5O5/c1-31-14-7-4-10(8-15(14)32-2)19(29)16-17(20(30)33-3)24-21-25-26-27-28(21)18(16)12-6-5-11(22)9-13(12)23/h4-9,18H,1-3H3,(H,24,25,27)/t18-/m1/s1. The molecule has 1 N–H and O–H groups in total. The number of nitrogens with one attached hydrogen (secondary N) is 1. The van der Waals surface area contributed by atoms with Crippen molar-refractivity contribution in [1.29, 1.82) is 0 Å². The van der Waals surface area contributed by atoms with Crippen LogP contribution >= 0.6 is 23.2 Å². The summed E-state index contributed by atoms with van der Waals surface area (Å²) in [5, 5.41) is 15.0. The number of anilines is 1. The number of ketones is 1. The Hall–Kier alpha value is -3.63. The number of aromatic nitrogens is 4. The van der Waals surface area contributed by atoms with E-state index < -0.39 is 17.8 Å². The summed E-state index contributed by atoms with van der Waals surface area (Å²) in [5.74, 6) is -0.353. The van der Waals surface area contributed by atoms with Crippen LogP contribution in [0.2, 0.25) is 10.0 Å². The molecular weight excluding hydrogens is 473 g/mol. The first-order chi connectivity index (χ1) is 15.9. The number of halogens is 2. The summed E-state index contributed by atoms with van der Waals surface area (Å²) in [7, 11) is 4.15. The van der Waals surface area contributed by atoms with Crippen LogP contribution in [-0.4, -0.2) is 53.3 Å². The van der Waals surface area contributed by atoms with Crippen LogP contribution < -0.4 is 14.8 Å². The maximum atomic E-state index is 13.8. The Morgan fingerprint density at radius 3 is 2.45 bits per heavy atom. The van der Waals surface area contributed by atoms with Gasteiger partial charge < -0.3 is 19.5 Å². The zero-order valence-corrected chi connectivity index (χ0v) is 19.1. The van der Waals surface area contributed by atoms with Gasteiger partial charge in [-0.2, -0.15) is 4.68 Å². The zero-order valence-electron chi connectivity index (χ0n) is 17.6. The lowest BCUT2D eigenvalue weighted by Crippen LogP contribution is -2.33. The van der Waals surface area contributed by atoms with Crippen LogP contribution in [-0.2, 0) is 9.53 Å². The molecule has 1 aromatic heterocycles. The van der Waals surface area contributed by atoms with E-state index in [9.17, 15) is 9.59 Å². The van der Waals surface area contributed by atoms with Crippen LogP contribution in [0.15, 0.2) is 47.7 Å². The maximum absolute atomic E-state index is 13.8. The second-order valence-corrected chi connectivity index (χ2v) is 7.66. The molecule has 0 amide bonds. The number of methoxy groups -OCH3 is 3. The van der Waals surface area contributed by atoms with Gasteiger partial charge in [-0.3, -0.25) is 4.79 Å². The fraction of sp³-hybridized carbons (Fsp3) is 0.190. The Kier molecular flexibility index (Phi) is 6.21. The number of benzene rings is 2. The third-order valence-corrected chi connectivity index (χ3v) is 5.62. The lowest BCUT2D eigenvalue weighted by molar-refractivity contribution is -0.136. The first-order valence-electron chi connectivity index (χ1n) is 9.48. The number of rotatable bonds is 6. The third kappa shape index (κ3) is 3.98. The molecule has 1 atom stereocenters. The number of fused-ring (bicyclic) bond motifs is 1. The first kappa shape index (κ1) is 22.6. The monoisotopic (exact) mass is 489 g/mol. The van der Waals surface area contributed by atoms with Gasteiger partial charge >= 0.3 is 5.97 Å². The number of Topliss-reactive ketones (excluding diaryl/α,β-unsaturated/α-hetero) is 1. The first-order valence-corrected chi connectivity index (χ1v) is 10.2. The highest BCUT2D eigenvalue weighted by atomic mass is 35.5. The molecule has 2 heterocycles. The molecule has 1 aliphatic rings. The average Bonchev–Trinajstić information content (AvgIpc) is 3.30. The van der Waals surface area contributed by atoms with Crippen molar-refractivity contribution < 1.29 is 23.8 Å². The molecule has 170 valence electrons. The van der Waals surface area contributed by atoms with Crippen molar-refractivity contribution >= 4 is 40.9 Å². The third-order valence-electron chi connectivity index (χ3n) is 5.05. The van der Waals surface area contributed by atoms with Crippen LogP contribution in [0.3, 0.4) is 0 Å². The number of hydrogen-bond donors (Lipinski definition) is 1. The predicted octanol–water partition coefficient (Wildman–Crippen LogP) is 3.32. The van der Waals surface area contributed by atoms with E-state index in [0.29, 0.717) is 22.1 Å². The largest absolute Gasteiger partial charge is 0.493 e. The summed E-state index contributed by atoms with van der Waals surface area (Å²) < 4.78 is 16.9. The highest BCUT2D eigenvalue weighted by Crippen LogP contribution is 2.40. The minimum Gasteiger partial charge on any atom is -0.493 e. The maximum Gasteiger partial charge on any atom is 0.355 e. The van der Waals surface area contributed by atoms with Gasteiger partial charge in [0.2, 0.25) is 5.95 Å². The SMILES string of the molecule is COC(=O)C1=C(C(=O)c2ccc(OC)c(OC)c2)[C@@H](c2ccc(Cl)cc2Cl)n2nnnc2N1. The quantitative estimate of drug-likeness (QED) is 0.410. The van der Waals surface area contributed by atoms with Crippen molar-refractivity contribution in [2.45, 2.75) is 6.04 Å². The molecular formula is C21H17Cl2N5O5. The molecule has 0 unspecified atom stereocenters. The van der Waals surface area contributed by atoms with E-state index in [-0.39, 0.29) is 27.8 Å². The van der Waals surface area contributed by atoms with Gasteiger partial charge in [-0.15, -0.1) is 0 Å². The summed E-state index contributed by atoms with van der Waals surface area (Å²) in [5.41, 5.74) is 0.604. The summed E-state index contributed by atoms with van der Waals surface area (Å²) in [6.45, 7) is 0. The summed E-state index contributed by atoms with van der Waals surface area (Å²) in [6.07, 6.45) is 0. The minimum atomic E-state index is -0.948. The van der Waals surface area contributed by atoms with Crippen LogP contribution in [0.25, 0.3) is 0 Å². The van der Waals surface area contributed by atoms with Crippen LogP contribution in [0.1, 0.15) is 22.0 Å². The van der Waals surface area contributed by atoms with Gasteiger partial charge in [-0.1, -0.05) is 34.4 Å². The smallest absolute Gasteiger partial charge is 0.355 e. The molecule has 0 bridgehead atoms. The van der Waals surface area contributed by atoms with Crippen LogP contribution in [0.4, 0.5) is 5.95 Å². The van der Waals surface area contributed by atoms with Gasteiger partial charge in [0.15, 0.2) is 17.3 Å². The minimum absolute atomic E-state index is 0.0260. The molecule has 0 radical (unpaired) electrons. The number of carbonyl (C=O) groups is 2. The number of carbonyl (C=O) groups excluding carboxylic acids is 2. The molecule has 0 fully saturated rings. The normalized spacial score (nSPS) is 14.9. The Labute approximate surface area is 198 Å². The van der Waals surface area contributed by atoms with E-state index in [1.54, 1.807) is 24.3 Å². The number of esters is 1. The lowest BCUT2D eigenvalue weighted by Gasteiger charge is -2.28. The molecule has 3 aromatic rings. The molecule has 2 aromatic carbocycles. The highest BCUT2D eigenvalue weighted by molar-refractivity contribution is 6.35. The Morgan fingerprint density at radius 1 is 1.03 bits per heavy atom. The number of tetrazole rings is 1. The zero-order chi connectivity index (χ0) is 23.7. The van der Waals surface area contributed by atoms with E-state index >= 15 is 0 Å². The number of ether oxygens (including phenoxy) is 3. The van der Waals surface area contributed by atoms with Gasteiger partial charge in [0.05, 0.1) is 26.9 Å². The number of nitrogens with zero attached hydrogens (tertiary/aromatic N) is 4. The summed E-state index contributed by atoms with van der Waals surface area (Å²) in [4.78, 5) is 26.6. The molecule has 10 nitrogen and oxygen atoms in total. The lowest BCUT2D eigenvalue weighted by atomic mass is 9.89. The molecule has 33 heavy (non-hydrogen) atoms. The molecule has 0 aliphatic carbocycles. The molecule has 0 saturated carbocycles. The summed E-state index contributed by atoms with van der Waals surface area (Å²) >= 11 is 12.6. The predicted molar refractivity (Wildman–Crippen MR) is 119 cm³/mol.